The van der Waals surface area contributed by atoms with Crippen LogP contribution in [0.1, 0.15) is 27.3 Å². The Morgan fingerprint density at radius 3 is 2.37 bits per heavy atom. The van der Waals surface area contributed by atoms with E-state index in [1.54, 1.807) is 49.0 Å². The van der Waals surface area contributed by atoms with Crippen molar-refractivity contribution in [2.75, 3.05) is 27.8 Å². The third kappa shape index (κ3) is 4.97. The van der Waals surface area contributed by atoms with Crippen LogP contribution in [0.5, 0.6) is 11.5 Å². The lowest BCUT2D eigenvalue weighted by Gasteiger charge is -2.18. The molecule has 0 radical (unpaired) electrons. The van der Waals surface area contributed by atoms with E-state index in [-0.39, 0.29) is 11.7 Å². The molecule has 0 atom stereocenters. The fourth-order valence-electron chi connectivity index (χ4n) is 3.23. The van der Waals surface area contributed by atoms with Crippen LogP contribution in [0.2, 0.25) is 0 Å². The first-order valence-corrected chi connectivity index (χ1v) is 9.66. The van der Waals surface area contributed by atoms with Crippen molar-refractivity contribution in [3.05, 3.63) is 76.9 Å². The molecule has 30 heavy (non-hydrogen) atoms. The molecule has 0 aliphatic rings. The molecule has 1 aromatic heterocycles. The molecule has 0 N–H and O–H groups in total. The van der Waals surface area contributed by atoms with Gasteiger partial charge in [-0.15, -0.1) is 0 Å². The number of nitrogens with zero attached hydrogens (tertiary/aromatic N) is 3. The number of aromatic nitrogens is 2. The van der Waals surface area contributed by atoms with Gasteiger partial charge in [0.05, 0.1) is 26.5 Å². The first-order valence-electron chi connectivity index (χ1n) is 9.66. The van der Waals surface area contributed by atoms with Crippen molar-refractivity contribution >= 4 is 5.91 Å². The summed E-state index contributed by atoms with van der Waals surface area (Å²) in [6.07, 6.45) is 0.674. The van der Waals surface area contributed by atoms with Crippen LogP contribution in [0.4, 0.5) is 4.39 Å². The molecule has 3 aromatic rings. The number of aryl methyl sites for hydroxylation is 1. The van der Waals surface area contributed by atoms with E-state index in [1.165, 1.54) is 12.1 Å². The standard InChI is InChI=1S/C23H26FN3O3/c1-16-13-20(27(25-16)15-18-5-8-19(24)9-6-18)23(28)26(2)12-11-17-7-10-21(29-3)22(14-17)30-4/h5-10,13-14H,11-12,15H2,1-4H3. The molecular formula is C23H26FN3O3. The van der Waals surface area contributed by atoms with Crippen molar-refractivity contribution in [2.24, 2.45) is 0 Å². The fourth-order valence-corrected chi connectivity index (χ4v) is 3.23. The number of ether oxygens (including phenoxy) is 2. The molecule has 0 fully saturated rings. The summed E-state index contributed by atoms with van der Waals surface area (Å²) < 4.78 is 25.4. The van der Waals surface area contributed by atoms with E-state index in [0.29, 0.717) is 36.7 Å². The summed E-state index contributed by atoms with van der Waals surface area (Å²) in [5, 5.41) is 4.44. The molecule has 3 rings (SSSR count). The highest BCUT2D eigenvalue weighted by atomic mass is 19.1. The number of hydrogen-bond acceptors (Lipinski definition) is 4. The van der Waals surface area contributed by atoms with Crippen molar-refractivity contribution in [1.82, 2.24) is 14.7 Å². The van der Waals surface area contributed by atoms with Gasteiger partial charge >= 0.3 is 0 Å². The summed E-state index contributed by atoms with van der Waals surface area (Å²) in [6, 6.07) is 13.7. The number of carbonyl (C=O) groups excluding carboxylic acids is 1. The van der Waals surface area contributed by atoms with Gasteiger partial charge in [-0.1, -0.05) is 18.2 Å². The molecule has 0 saturated heterocycles. The molecule has 0 aliphatic carbocycles. The van der Waals surface area contributed by atoms with E-state index in [0.717, 1.165) is 16.8 Å². The van der Waals surface area contributed by atoms with E-state index in [1.807, 2.05) is 25.1 Å². The van der Waals surface area contributed by atoms with Crippen LogP contribution in [-0.2, 0) is 13.0 Å². The van der Waals surface area contributed by atoms with Crippen LogP contribution in [-0.4, -0.2) is 48.4 Å². The van der Waals surface area contributed by atoms with Crippen LogP contribution >= 0.6 is 0 Å². The highest BCUT2D eigenvalue weighted by Gasteiger charge is 2.18. The number of amides is 1. The molecule has 158 valence electrons. The Balaban J connectivity index is 1.69. The number of likely N-dealkylation sites (N-methyl/N-ethyl adjacent to an activating group) is 1. The largest absolute Gasteiger partial charge is 0.493 e. The summed E-state index contributed by atoms with van der Waals surface area (Å²) in [5.74, 6) is 0.933. The predicted molar refractivity (Wildman–Crippen MR) is 113 cm³/mol. The van der Waals surface area contributed by atoms with Gasteiger partial charge in [0.2, 0.25) is 0 Å². The zero-order valence-corrected chi connectivity index (χ0v) is 17.7. The molecule has 0 spiro atoms. The molecule has 0 unspecified atom stereocenters. The number of methoxy groups -OCH3 is 2. The summed E-state index contributed by atoms with van der Waals surface area (Å²) in [4.78, 5) is 14.7. The van der Waals surface area contributed by atoms with Gasteiger partial charge in [0.15, 0.2) is 11.5 Å². The molecule has 0 aliphatic heterocycles. The molecule has 6 nitrogen and oxygen atoms in total. The minimum atomic E-state index is -0.290. The van der Waals surface area contributed by atoms with Gasteiger partial charge in [-0.2, -0.15) is 5.10 Å². The van der Waals surface area contributed by atoms with Gasteiger partial charge in [0.1, 0.15) is 11.5 Å². The lowest BCUT2D eigenvalue weighted by Crippen LogP contribution is -2.31. The maximum absolute atomic E-state index is 13.2. The van der Waals surface area contributed by atoms with E-state index >= 15 is 0 Å². The second-order valence-corrected chi connectivity index (χ2v) is 7.12. The number of hydrogen-bond donors (Lipinski definition) is 0. The third-order valence-electron chi connectivity index (χ3n) is 4.90. The van der Waals surface area contributed by atoms with Crippen molar-refractivity contribution in [3.8, 4) is 11.5 Å². The number of halogens is 1. The van der Waals surface area contributed by atoms with Crippen LogP contribution in [0.3, 0.4) is 0 Å². The van der Waals surface area contributed by atoms with Gasteiger partial charge in [-0.05, 0) is 54.8 Å². The fraction of sp³-hybridized carbons (Fsp3) is 0.304. The lowest BCUT2D eigenvalue weighted by atomic mass is 10.1. The molecule has 2 aromatic carbocycles. The molecular weight excluding hydrogens is 385 g/mol. The third-order valence-corrected chi connectivity index (χ3v) is 4.90. The second kappa shape index (κ2) is 9.43. The molecule has 7 heteroatoms. The minimum absolute atomic E-state index is 0.113. The molecule has 1 amide bonds. The van der Waals surface area contributed by atoms with E-state index in [4.69, 9.17) is 9.47 Å². The molecule has 0 bridgehead atoms. The van der Waals surface area contributed by atoms with Crippen LogP contribution in [0.25, 0.3) is 0 Å². The first kappa shape index (κ1) is 21.4. The quantitative estimate of drug-likeness (QED) is 0.567. The summed E-state index contributed by atoms with van der Waals surface area (Å²) in [5.41, 5.74) is 3.19. The Labute approximate surface area is 175 Å². The molecule has 1 heterocycles. The van der Waals surface area contributed by atoms with Gasteiger partial charge in [0.25, 0.3) is 5.91 Å². The topological polar surface area (TPSA) is 56.6 Å². The maximum Gasteiger partial charge on any atom is 0.271 e. The van der Waals surface area contributed by atoms with Crippen LogP contribution < -0.4 is 9.47 Å². The van der Waals surface area contributed by atoms with E-state index in [9.17, 15) is 9.18 Å². The zero-order chi connectivity index (χ0) is 21.7. The van der Waals surface area contributed by atoms with Crippen molar-refractivity contribution < 1.29 is 18.7 Å². The van der Waals surface area contributed by atoms with Crippen LogP contribution in [0, 0.1) is 12.7 Å². The average Bonchev–Trinajstić information content (AvgIpc) is 3.12. The summed E-state index contributed by atoms with van der Waals surface area (Å²) in [7, 11) is 4.97. The second-order valence-electron chi connectivity index (χ2n) is 7.12. The Bertz CT molecular complexity index is 1020. The molecule has 0 saturated carbocycles. The van der Waals surface area contributed by atoms with Gasteiger partial charge < -0.3 is 14.4 Å². The Morgan fingerprint density at radius 2 is 1.70 bits per heavy atom. The Kier molecular flexibility index (Phi) is 6.72. The van der Waals surface area contributed by atoms with E-state index in [2.05, 4.69) is 5.10 Å². The van der Waals surface area contributed by atoms with Gasteiger partial charge in [0, 0.05) is 13.6 Å². The Morgan fingerprint density at radius 1 is 1.03 bits per heavy atom. The van der Waals surface area contributed by atoms with Crippen molar-refractivity contribution in [3.63, 3.8) is 0 Å². The van der Waals surface area contributed by atoms with Crippen molar-refractivity contribution in [2.45, 2.75) is 19.9 Å². The Hall–Kier alpha value is -3.35. The number of rotatable bonds is 8. The first-order chi connectivity index (χ1) is 14.4. The van der Waals surface area contributed by atoms with Gasteiger partial charge in [-0.25, -0.2) is 4.39 Å². The van der Waals surface area contributed by atoms with Gasteiger partial charge in [-0.3, -0.25) is 9.48 Å². The zero-order valence-electron chi connectivity index (χ0n) is 17.7. The smallest absolute Gasteiger partial charge is 0.271 e. The normalized spacial score (nSPS) is 10.7. The average molecular weight is 411 g/mol. The predicted octanol–water partition coefficient (Wildman–Crippen LogP) is 3.71. The SMILES string of the molecule is COc1ccc(CCN(C)C(=O)c2cc(C)nn2Cc2ccc(F)cc2)cc1OC. The highest BCUT2D eigenvalue weighted by molar-refractivity contribution is 5.92. The lowest BCUT2D eigenvalue weighted by molar-refractivity contribution is 0.0785. The summed E-state index contributed by atoms with van der Waals surface area (Å²) in [6.45, 7) is 2.79. The van der Waals surface area contributed by atoms with E-state index < -0.39 is 0 Å². The number of carbonyl (C=O) groups is 1. The van der Waals surface area contributed by atoms with Crippen molar-refractivity contribution in [1.29, 1.82) is 0 Å². The monoisotopic (exact) mass is 411 g/mol. The number of benzene rings is 2. The minimum Gasteiger partial charge on any atom is -0.493 e. The summed E-state index contributed by atoms with van der Waals surface area (Å²) >= 11 is 0. The maximum atomic E-state index is 13.2. The van der Waals surface area contributed by atoms with Crippen LogP contribution in [0.15, 0.2) is 48.5 Å². The highest BCUT2D eigenvalue weighted by Crippen LogP contribution is 2.27.